The Morgan fingerprint density at radius 2 is 1.94 bits per heavy atom. The Morgan fingerprint density at radius 1 is 1.13 bits per heavy atom. The van der Waals surface area contributed by atoms with E-state index < -0.39 is 0 Å². The first-order valence-electron chi connectivity index (χ1n) is 11.0. The lowest BCUT2D eigenvalue weighted by Crippen LogP contribution is -2.36. The van der Waals surface area contributed by atoms with Crippen molar-refractivity contribution in [2.24, 2.45) is 5.92 Å². The van der Waals surface area contributed by atoms with E-state index in [1.165, 1.54) is 18.9 Å². The number of benzene rings is 2. The molecule has 162 valence electrons. The molecule has 1 atom stereocenters. The van der Waals surface area contributed by atoms with Crippen LogP contribution in [0, 0.1) is 18.7 Å². The zero-order chi connectivity index (χ0) is 21.4. The molecule has 0 unspecified atom stereocenters. The van der Waals surface area contributed by atoms with Gasteiger partial charge in [-0.3, -0.25) is 0 Å². The molecule has 1 aliphatic carbocycles. The minimum absolute atomic E-state index is 0.222. The van der Waals surface area contributed by atoms with Gasteiger partial charge in [-0.2, -0.15) is 4.98 Å². The van der Waals surface area contributed by atoms with Crippen molar-refractivity contribution in [2.45, 2.75) is 32.7 Å². The molecule has 2 aliphatic rings. The van der Waals surface area contributed by atoms with Crippen LogP contribution in [0.5, 0.6) is 0 Å². The molecule has 2 N–H and O–H groups in total. The number of rotatable bonds is 6. The molecule has 1 aliphatic heterocycles. The number of nitrogens with one attached hydrogen (secondary N) is 2. The van der Waals surface area contributed by atoms with Crippen molar-refractivity contribution in [1.29, 1.82) is 0 Å². The minimum Gasteiger partial charge on any atom is -0.378 e. The monoisotopic (exact) mass is 421 g/mol. The predicted octanol–water partition coefficient (Wildman–Crippen LogP) is 4.87. The van der Waals surface area contributed by atoms with Gasteiger partial charge in [-0.15, -0.1) is 0 Å². The van der Waals surface area contributed by atoms with E-state index in [0.29, 0.717) is 36.7 Å². The van der Waals surface area contributed by atoms with Crippen molar-refractivity contribution < 1.29 is 9.13 Å². The van der Waals surface area contributed by atoms with Crippen LogP contribution >= 0.6 is 0 Å². The van der Waals surface area contributed by atoms with Crippen LogP contribution in [0.25, 0.3) is 10.9 Å². The highest BCUT2D eigenvalue weighted by Gasteiger charge is 2.29. The number of hydrogen-bond acceptors (Lipinski definition) is 6. The fraction of sp³-hybridized carbons (Fsp3) is 0.417. The Hall–Kier alpha value is -2.93. The van der Waals surface area contributed by atoms with E-state index in [9.17, 15) is 4.39 Å². The van der Waals surface area contributed by atoms with Crippen molar-refractivity contribution in [2.75, 3.05) is 41.8 Å². The molecule has 1 aromatic heterocycles. The highest BCUT2D eigenvalue weighted by atomic mass is 19.1. The van der Waals surface area contributed by atoms with Gasteiger partial charge in [0, 0.05) is 30.2 Å². The third kappa shape index (κ3) is 4.28. The van der Waals surface area contributed by atoms with Crippen LogP contribution in [0.2, 0.25) is 0 Å². The molecule has 2 heterocycles. The number of anilines is 4. The fourth-order valence-corrected chi connectivity index (χ4v) is 4.14. The van der Waals surface area contributed by atoms with Crippen molar-refractivity contribution in [3.8, 4) is 0 Å². The Balaban J connectivity index is 1.57. The summed E-state index contributed by atoms with van der Waals surface area (Å²) in [5, 5.41) is 7.92. The maximum absolute atomic E-state index is 13.7. The Bertz CT molecular complexity index is 1090. The zero-order valence-corrected chi connectivity index (χ0v) is 18.0. The van der Waals surface area contributed by atoms with Gasteiger partial charge in [0.25, 0.3) is 0 Å². The van der Waals surface area contributed by atoms with Crippen LogP contribution in [0.15, 0.2) is 36.4 Å². The smallest absolute Gasteiger partial charge is 0.229 e. The molecule has 1 saturated carbocycles. The number of halogens is 1. The molecule has 2 fully saturated rings. The molecule has 5 rings (SSSR count). The molecule has 3 aromatic rings. The van der Waals surface area contributed by atoms with Gasteiger partial charge in [0.15, 0.2) is 0 Å². The van der Waals surface area contributed by atoms with Crippen LogP contribution in [0.4, 0.5) is 27.5 Å². The lowest BCUT2D eigenvalue weighted by molar-refractivity contribution is 0.123. The average molecular weight is 422 g/mol. The summed E-state index contributed by atoms with van der Waals surface area (Å²) >= 11 is 0. The molecule has 31 heavy (non-hydrogen) atoms. The van der Waals surface area contributed by atoms with Gasteiger partial charge in [-0.05, 0) is 68.5 Å². The van der Waals surface area contributed by atoms with E-state index in [2.05, 4.69) is 40.7 Å². The molecular formula is C24H28FN5O. The molecule has 1 saturated heterocycles. The topological polar surface area (TPSA) is 62.3 Å². The minimum atomic E-state index is -0.222. The molecule has 2 aromatic carbocycles. The number of nitrogens with zero attached hydrogens (tertiary/aromatic N) is 3. The normalized spacial score (nSPS) is 17.6. The van der Waals surface area contributed by atoms with Gasteiger partial charge >= 0.3 is 0 Å². The lowest BCUT2D eigenvalue weighted by Gasteiger charge is -2.29. The van der Waals surface area contributed by atoms with Crippen molar-refractivity contribution in [3.63, 3.8) is 0 Å². The highest BCUT2D eigenvalue weighted by molar-refractivity contribution is 5.98. The largest absolute Gasteiger partial charge is 0.378 e. The first kappa shape index (κ1) is 20.0. The molecule has 0 spiro atoms. The maximum Gasteiger partial charge on any atom is 0.229 e. The van der Waals surface area contributed by atoms with Gasteiger partial charge in [0.05, 0.1) is 18.9 Å². The number of morpholine rings is 1. The summed E-state index contributed by atoms with van der Waals surface area (Å²) in [5.41, 5.74) is 3.35. The summed E-state index contributed by atoms with van der Waals surface area (Å²) in [7, 11) is 0. The highest BCUT2D eigenvalue weighted by Crippen LogP contribution is 2.36. The molecule has 0 amide bonds. The summed E-state index contributed by atoms with van der Waals surface area (Å²) in [4.78, 5) is 12.0. The standard InChI is InChI=1S/C24H28FN5O/c1-15-14-18(8-9-20(15)25)27-24-28-22-19(23(29-24)26-16(2)17-6-7-17)4-3-5-21(22)30-10-12-31-13-11-30/h3-5,8-9,14,16-17H,6-7,10-13H2,1-2H3,(H2,26,27,28,29)/t16-/m1/s1. The quantitative estimate of drug-likeness (QED) is 0.592. The van der Waals surface area contributed by atoms with Crippen LogP contribution in [0.3, 0.4) is 0 Å². The van der Waals surface area contributed by atoms with E-state index in [-0.39, 0.29) is 5.82 Å². The van der Waals surface area contributed by atoms with Gasteiger partial charge in [0.2, 0.25) is 5.95 Å². The number of hydrogen-bond donors (Lipinski definition) is 2. The van der Waals surface area contributed by atoms with Gasteiger partial charge in [0.1, 0.15) is 17.2 Å². The second kappa shape index (κ2) is 8.30. The van der Waals surface area contributed by atoms with Gasteiger partial charge in [-0.25, -0.2) is 9.37 Å². The fourth-order valence-electron chi connectivity index (χ4n) is 4.14. The average Bonchev–Trinajstić information content (AvgIpc) is 3.62. The Kier molecular flexibility index (Phi) is 5.36. The zero-order valence-electron chi connectivity index (χ0n) is 18.0. The van der Waals surface area contributed by atoms with Crippen LogP contribution < -0.4 is 15.5 Å². The Morgan fingerprint density at radius 3 is 2.68 bits per heavy atom. The summed E-state index contributed by atoms with van der Waals surface area (Å²) in [6, 6.07) is 11.6. The van der Waals surface area contributed by atoms with E-state index >= 15 is 0 Å². The third-order valence-electron chi connectivity index (χ3n) is 6.16. The molecule has 6 nitrogen and oxygen atoms in total. The van der Waals surface area contributed by atoms with Crippen molar-refractivity contribution >= 4 is 34.0 Å². The second-order valence-corrected chi connectivity index (χ2v) is 8.53. The Labute approximate surface area is 181 Å². The number of fused-ring (bicyclic) bond motifs is 1. The summed E-state index contributed by atoms with van der Waals surface area (Å²) in [6.07, 6.45) is 2.52. The predicted molar refractivity (Wildman–Crippen MR) is 123 cm³/mol. The van der Waals surface area contributed by atoms with E-state index in [1.54, 1.807) is 19.1 Å². The van der Waals surface area contributed by atoms with Gasteiger partial charge in [-0.1, -0.05) is 6.07 Å². The third-order valence-corrected chi connectivity index (χ3v) is 6.16. The van der Waals surface area contributed by atoms with Crippen molar-refractivity contribution in [1.82, 2.24) is 9.97 Å². The SMILES string of the molecule is Cc1cc(Nc2nc(N[C@H](C)C3CC3)c3cccc(N4CCOCC4)c3n2)ccc1F. The van der Waals surface area contributed by atoms with E-state index in [4.69, 9.17) is 14.7 Å². The molecule has 7 heteroatoms. The summed E-state index contributed by atoms with van der Waals surface area (Å²) in [6.45, 7) is 7.07. The second-order valence-electron chi connectivity index (χ2n) is 8.53. The number of ether oxygens (including phenoxy) is 1. The summed E-state index contributed by atoms with van der Waals surface area (Å²) < 4.78 is 19.2. The molecule has 0 radical (unpaired) electrons. The number of aryl methyl sites for hydroxylation is 1. The van der Waals surface area contributed by atoms with Crippen LogP contribution in [-0.2, 0) is 4.74 Å². The number of aromatic nitrogens is 2. The van der Waals surface area contributed by atoms with Crippen molar-refractivity contribution in [3.05, 3.63) is 47.8 Å². The van der Waals surface area contributed by atoms with Gasteiger partial charge < -0.3 is 20.3 Å². The van der Waals surface area contributed by atoms with Crippen LogP contribution in [-0.4, -0.2) is 42.3 Å². The summed E-state index contributed by atoms with van der Waals surface area (Å²) in [5.74, 6) is 1.81. The van der Waals surface area contributed by atoms with E-state index in [1.807, 2.05) is 0 Å². The number of para-hydroxylation sites is 1. The molecule has 0 bridgehead atoms. The molecular weight excluding hydrogens is 393 g/mol. The maximum atomic E-state index is 13.7. The first-order chi connectivity index (χ1) is 15.1. The van der Waals surface area contributed by atoms with E-state index in [0.717, 1.165) is 41.2 Å². The lowest BCUT2D eigenvalue weighted by atomic mass is 10.1. The van der Waals surface area contributed by atoms with Crippen LogP contribution in [0.1, 0.15) is 25.3 Å². The first-order valence-corrected chi connectivity index (χ1v) is 11.0.